The number of ether oxygens (including phenoxy) is 1. The summed E-state index contributed by atoms with van der Waals surface area (Å²) in [4.78, 5) is 28.8. The Morgan fingerprint density at radius 1 is 1.00 bits per heavy atom. The van der Waals surface area contributed by atoms with Gasteiger partial charge in [0.2, 0.25) is 5.91 Å². The molecule has 2 aromatic carbocycles. The van der Waals surface area contributed by atoms with Crippen molar-refractivity contribution < 1.29 is 14.3 Å². The van der Waals surface area contributed by atoms with Gasteiger partial charge in [-0.2, -0.15) is 0 Å². The van der Waals surface area contributed by atoms with Crippen molar-refractivity contribution >= 4 is 29.0 Å². The van der Waals surface area contributed by atoms with Crippen molar-refractivity contribution in [2.75, 3.05) is 38.2 Å². The Hall–Kier alpha value is -2.53. The number of carbonyl (C=O) groups excluding carboxylic acids is 2. The van der Waals surface area contributed by atoms with Gasteiger partial charge in [0.15, 0.2) is 5.78 Å². The Morgan fingerprint density at radius 3 is 2.33 bits per heavy atom. The van der Waals surface area contributed by atoms with Gasteiger partial charge < -0.3 is 14.5 Å². The summed E-state index contributed by atoms with van der Waals surface area (Å²) in [6.07, 6.45) is 0.436. The van der Waals surface area contributed by atoms with Crippen LogP contribution in [0, 0.1) is 0 Å². The summed E-state index contributed by atoms with van der Waals surface area (Å²) >= 11 is 5.92. The van der Waals surface area contributed by atoms with Crippen molar-refractivity contribution in [3.8, 4) is 5.75 Å². The zero-order valence-corrected chi connectivity index (χ0v) is 16.1. The number of piperazine rings is 1. The van der Waals surface area contributed by atoms with Crippen LogP contribution in [0.4, 0.5) is 5.69 Å². The largest absolute Gasteiger partial charge is 0.497 e. The molecule has 0 saturated carbocycles. The van der Waals surface area contributed by atoms with Crippen molar-refractivity contribution in [1.82, 2.24) is 4.90 Å². The summed E-state index contributed by atoms with van der Waals surface area (Å²) in [7, 11) is 1.65. The highest BCUT2D eigenvalue weighted by atomic mass is 35.5. The lowest BCUT2D eigenvalue weighted by Gasteiger charge is -2.36. The second-order valence-electron chi connectivity index (χ2n) is 6.50. The molecule has 1 aliphatic heterocycles. The summed E-state index contributed by atoms with van der Waals surface area (Å²) in [5.74, 6) is 0.805. The molecule has 1 amide bonds. The minimum atomic E-state index is -0.0530. The number of Topliss-reactive ketones (excluding diaryl/α,β-unsaturated/α-hetero) is 1. The van der Waals surface area contributed by atoms with Crippen molar-refractivity contribution in [3.05, 3.63) is 59.1 Å². The lowest BCUT2D eigenvalue weighted by atomic mass is 10.1. The van der Waals surface area contributed by atoms with Crippen molar-refractivity contribution in [1.29, 1.82) is 0 Å². The van der Waals surface area contributed by atoms with E-state index in [4.69, 9.17) is 16.3 Å². The molecule has 142 valence electrons. The highest BCUT2D eigenvalue weighted by Crippen LogP contribution is 2.21. The fraction of sp³-hybridized carbons (Fsp3) is 0.333. The number of hydrogen-bond acceptors (Lipinski definition) is 4. The molecule has 6 heteroatoms. The van der Waals surface area contributed by atoms with E-state index in [2.05, 4.69) is 4.90 Å². The third-order valence-corrected chi connectivity index (χ3v) is 5.02. The number of hydrogen-bond donors (Lipinski definition) is 0. The molecule has 0 unspecified atom stereocenters. The first-order valence-electron chi connectivity index (χ1n) is 9.02. The minimum Gasteiger partial charge on any atom is -0.497 e. The zero-order chi connectivity index (χ0) is 19.2. The molecule has 0 aromatic heterocycles. The van der Waals surface area contributed by atoms with Gasteiger partial charge in [0, 0.05) is 55.3 Å². The molecule has 1 heterocycles. The number of rotatable bonds is 6. The molecular weight excluding hydrogens is 364 g/mol. The predicted molar refractivity (Wildman–Crippen MR) is 107 cm³/mol. The van der Waals surface area contributed by atoms with Gasteiger partial charge in [-0.25, -0.2) is 0 Å². The van der Waals surface area contributed by atoms with Crippen LogP contribution in [0.15, 0.2) is 48.5 Å². The van der Waals surface area contributed by atoms with E-state index < -0.39 is 0 Å². The van der Waals surface area contributed by atoms with Crippen LogP contribution in [0.1, 0.15) is 23.2 Å². The lowest BCUT2D eigenvalue weighted by Crippen LogP contribution is -2.48. The number of methoxy groups -OCH3 is 1. The normalized spacial score (nSPS) is 14.1. The Bertz CT molecular complexity index is 799. The maximum atomic E-state index is 12.4. The average Bonchev–Trinajstić information content (AvgIpc) is 2.72. The molecule has 1 aliphatic rings. The number of anilines is 1. The number of amides is 1. The van der Waals surface area contributed by atoms with Crippen LogP contribution in [-0.4, -0.2) is 49.9 Å². The summed E-state index contributed by atoms with van der Waals surface area (Å²) in [6, 6.07) is 14.8. The third kappa shape index (κ3) is 5.01. The fourth-order valence-electron chi connectivity index (χ4n) is 3.19. The SMILES string of the molecule is COc1ccc(N2CCN(C(=O)CCC(=O)c3cccc(Cl)c3)CC2)cc1. The van der Waals surface area contributed by atoms with Gasteiger partial charge in [0.1, 0.15) is 5.75 Å². The first-order valence-corrected chi connectivity index (χ1v) is 9.40. The molecule has 2 aromatic rings. The molecule has 3 rings (SSSR count). The number of ketones is 1. The highest BCUT2D eigenvalue weighted by Gasteiger charge is 2.22. The molecule has 1 saturated heterocycles. The van der Waals surface area contributed by atoms with Gasteiger partial charge in [-0.05, 0) is 36.4 Å². The maximum absolute atomic E-state index is 12.4. The van der Waals surface area contributed by atoms with Crippen LogP contribution >= 0.6 is 11.6 Å². The van der Waals surface area contributed by atoms with E-state index in [1.807, 2.05) is 29.2 Å². The fourth-order valence-corrected chi connectivity index (χ4v) is 3.38. The van der Waals surface area contributed by atoms with Crippen LogP contribution in [0.2, 0.25) is 5.02 Å². The summed E-state index contributed by atoms with van der Waals surface area (Å²) < 4.78 is 5.18. The van der Waals surface area contributed by atoms with Crippen molar-refractivity contribution in [2.45, 2.75) is 12.8 Å². The van der Waals surface area contributed by atoms with E-state index in [1.54, 1.807) is 31.4 Å². The first kappa shape index (κ1) is 19.2. The van der Waals surface area contributed by atoms with Gasteiger partial charge in [-0.15, -0.1) is 0 Å². The molecule has 0 bridgehead atoms. The number of carbonyl (C=O) groups is 2. The molecule has 0 spiro atoms. The Labute approximate surface area is 164 Å². The standard InChI is InChI=1S/C21H23ClN2O3/c1-27-19-7-5-18(6-8-19)23-11-13-24(14-12-23)21(26)10-9-20(25)16-3-2-4-17(22)15-16/h2-8,15H,9-14H2,1H3. The van der Waals surface area contributed by atoms with Crippen LogP contribution in [0.25, 0.3) is 0 Å². The third-order valence-electron chi connectivity index (χ3n) is 4.78. The van der Waals surface area contributed by atoms with Crippen LogP contribution in [0.3, 0.4) is 0 Å². The average molecular weight is 387 g/mol. The summed E-state index contributed by atoms with van der Waals surface area (Å²) in [6.45, 7) is 2.88. The zero-order valence-electron chi connectivity index (χ0n) is 15.4. The van der Waals surface area contributed by atoms with Gasteiger partial charge in [-0.1, -0.05) is 23.7 Å². The quantitative estimate of drug-likeness (QED) is 0.711. The van der Waals surface area contributed by atoms with Gasteiger partial charge in [0.25, 0.3) is 0 Å². The lowest BCUT2D eigenvalue weighted by molar-refractivity contribution is -0.131. The molecule has 0 atom stereocenters. The molecule has 1 fully saturated rings. The summed E-state index contributed by atoms with van der Waals surface area (Å²) in [5.41, 5.74) is 1.68. The minimum absolute atomic E-state index is 0.0276. The Morgan fingerprint density at radius 2 is 1.70 bits per heavy atom. The number of halogens is 1. The van der Waals surface area contributed by atoms with Crippen LogP contribution in [0.5, 0.6) is 5.75 Å². The molecule has 0 aliphatic carbocycles. The monoisotopic (exact) mass is 386 g/mol. The highest BCUT2D eigenvalue weighted by molar-refractivity contribution is 6.31. The van der Waals surface area contributed by atoms with E-state index in [-0.39, 0.29) is 24.5 Å². The van der Waals surface area contributed by atoms with Gasteiger partial charge in [-0.3, -0.25) is 9.59 Å². The van der Waals surface area contributed by atoms with E-state index >= 15 is 0 Å². The Balaban J connectivity index is 1.47. The van der Waals surface area contributed by atoms with Crippen molar-refractivity contribution in [2.24, 2.45) is 0 Å². The van der Waals surface area contributed by atoms with E-state index in [1.165, 1.54) is 0 Å². The predicted octanol–water partition coefficient (Wildman–Crippen LogP) is 3.66. The van der Waals surface area contributed by atoms with Crippen molar-refractivity contribution in [3.63, 3.8) is 0 Å². The number of nitrogens with zero attached hydrogens (tertiary/aromatic N) is 2. The molecule has 27 heavy (non-hydrogen) atoms. The molecular formula is C21H23ClN2O3. The van der Waals surface area contributed by atoms with E-state index in [0.717, 1.165) is 24.5 Å². The Kier molecular flexibility index (Phi) is 6.35. The molecule has 5 nitrogen and oxygen atoms in total. The summed E-state index contributed by atoms with van der Waals surface area (Å²) in [5, 5.41) is 0.529. The smallest absolute Gasteiger partial charge is 0.223 e. The van der Waals surface area contributed by atoms with Gasteiger partial charge in [0.05, 0.1) is 7.11 Å². The van der Waals surface area contributed by atoms with Gasteiger partial charge >= 0.3 is 0 Å². The second kappa shape index (κ2) is 8.91. The first-order chi connectivity index (χ1) is 13.1. The molecule has 0 radical (unpaired) electrons. The van der Waals surface area contributed by atoms with Crippen LogP contribution in [-0.2, 0) is 4.79 Å². The molecule has 0 N–H and O–H groups in total. The van der Waals surface area contributed by atoms with Crippen LogP contribution < -0.4 is 9.64 Å². The van der Waals surface area contributed by atoms with E-state index in [0.29, 0.717) is 23.7 Å². The maximum Gasteiger partial charge on any atom is 0.223 e. The number of benzene rings is 2. The second-order valence-corrected chi connectivity index (χ2v) is 6.94. The topological polar surface area (TPSA) is 49.9 Å². The van der Waals surface area contributed by atoms with E-state index in [9.17, 15) is 9.59 Å².